The van der Waals surface area contributed by atoms with E-state index in [0.29, 0.717) is 12.6 Å². The van der Waals surface area contributed by atoms with Gasteiger partial charge < -0.3 is 0 Å². The van der Waals surface area contributed by atoms with Gasteiger partial charge in [-0.25, -0.2) is 0 Å². The van der Waals surface area contributed by atoms with Crippen molar-refractivity contribution in [3.63, 3.8) is 0 Å². The van der Waals surface area contributed by atoms with Crippen molar-refractivity contribution in [3.05, 3.63) is 19.2 Å². The molecule has 110 valence electrons. The summed E-state index contributed by atoms with van der Waals surface area (Å²) >= 11 is 8.48. The molecule has 2 aliphatic heterocycles. The summed E-state index contributed by atoms with van der Waals surface area (Å²) in [6.45, 7) is 2.61. The highest BCUT2D eigenvalue weighted by molar-refractivity contribution is 9.12. The van der Waals surface area contributed by atoms with Gasteiger partial charge in [0.05, 0.1) is 14.1 Å². The molecule has 2 fully saturated rings. The van der Waals surface area contributed by atoms with Gasteiger partial charge in [-0.3, -0.25) is 14.6 Å². The molecule has 0 spiro atoms. The van der Waals surface area contributed by atoms with Crippen molar-refractivity contribution in [2.24, 2.45) is 0 Å². The molecule has 0 saturated carbocycles. The minimum absolute atomic E-state index is 0.222. The molecule has 2 atom stereocenters. The van der Waals surface area contributed by atoms with E-state index in [2.05, 4.69) is 48.7 Å². The third-order valence-corrected chi connectivity index (χ3v) is 6.90. The van der Waals surface area contributed by atoms with Crippen molar-refractivity contribution in [1.29, 1.82) is 0 Å². The number of ketones is 1. The van der Waals surface area contributed by atoms with Crippen LogP contribution in [0.4, 0.5) is 0 Å². The van der Waals surface area contributed by atoms with Crippen LogP contribution in [-0.2, 0) is 0 Å². The maximum absolute atomic E-state index is 12.4. The lowest BCUT2D eigenvalue weighted by atomic mass is 10.1. The van der Waals surface area contributed by atoms with Crippen molar-refractivity contribution < 1.29 is 4.79 Å². The summed E-state index contributed by atoms with van der Waals surface area (Å²) in [5.74, 6) is 0.222. The quantitative estimate of drug-likeness (QED) is 0.696. The molecule has 3 heterocycles. The van der Waals surface area contributed by atoms with Gasteiger partial charge in [-0.1, -0.05) is 0 Å². The van der Waals surface area contributed by atoms with E-state index >= 15 is 0 Å². The van der Waals surface area contributed by atoms with Crippen LogP contribution in [0.15, 0.2) is 13.6 Å². The zero-order chi connectivity index (χ0) is 14.3. The van der Waals surface area contributed by atoms with Crippen LogP contribution in [-0.4, -0.2) is 54.3 Å². The van der Waals surface area contributed by atoms with E-state index in [1.807, 2.05) is 6.07 Å². The van der Waals surface area contributed by atoms with E-state index in [1.165, 1.54) is 19.3 Å². The monoisotopic (exact) mass is 420 g/mol. The second-order valence-corrected chi connectivity index (χ2v) is 9.48. The van der Waals surface area contributed by atoms with E-state index in [9.17, 15) is 4.79 Å². The molecule has 0 N–H and O–H groups in total. The normalized spacial score (nSPS) is 27.8. The number of fused-ring (bicyclic) bond motifs is 2. The topological polar surface area (TPSA) is 23.6 Å². The van der Waals surface area contributed by atoms with Crippen LogP contribution in [0.3, 0.4) is 0 Å². The summed E-state index contributed by atoms with van der Waals surface area (Å²) in [6, 6.07) is 3.28. The first-order valence-electron chi connectivity index (χ1n) is 6.97. The Labute approximate surface area is 140 Å². The number of carbonyl (C=O) groups excluding carboxylic acids is 1. The van der Waals surface area contributed by atoms with Crippen LogP contribution in [0.1, 0.15) is 29.6 Å². The van der Waals surface area contributed by atoms with Crippen LogP contribution in [0.5, 0.6) is 0 Å². The Hall–Kier alpha value is 0.250. The molecule has 3 nitrogen and oxygen atoms in total. The minimum Gasteiger partial charge on any atom is -0.299 e. The molecule has 0 radical (unpaired) electrons. The number of thiophene rings is 1. The number of hydrogen-bond donors (Lipinski definition) is 0. The lowest BCUT2D eigenvalue weighted by Crippen LogP contribution is -2.38. The van der Waals surface area contributed by atoms with Crippen LogP contribution in [0.25, 0.3) is 0 Å². The predicted octanol–water partition coefficient (Wildman–Crippen LogP) is 3.62. The summed E-state index contributed by atoms with van der Waals surface area (Å²) < 4.78 is 1.94. The van der Waals surface area contributed by atoms with Crippen LogP contribution in [0.2, 0.25) is 0 Å². The van der Waals surface area contributed by atoms with Gasteiger partial charge in [0, 0.05) is 30.7 Å². The van der Waals surface area contributed by atoms with Gasteiger partial charge in [0.15, 0.2) is 5.78 Å². The number of carbonyl (C=O) groups is 1. The van der Waals surface area contributed by atoms with Gasteiger partial charge in [0.2, 0.25) is 0 Å². The van der Waals surface area contributed by atoms with Gasteiger partial charge in [-0.15, -0.1) is 11.3 Å². The maximum Gasteiger partial charge on any atom is 0.178 e. The molecule has 6 heteroatoms. The first-order chi connectivity index (χ1) is 9.54. The van der Waals surface area contributed by atoms with Gasteiger partial charge in [-0.05, 0) is 64.2 Å². The van der Waals surface area contributed by atoms with Crippen LogP contribution in [0, 0.1) is 0 Å². The van der Waals surface area contributed by atoms with Crippen molar-refractivity contribution in [2.75, 3.05) is 26.7 Å². The molecule has 2 saturated heterocycles. The Bertz CT molecular complexity index is 519. The van der Waals surface area contributed by atoms with E-state index < -0.39 is 0 Å². The van der Waals surface area contributed by atoms with Gasteiger partial charge in [-0.2, -0.15) is 0 Å². The summed E-state index contributed by atoms with van der Waals surface area (Å²) in [5.41, 5.74) is 0.810. The molecule has 0 aromatic carbocycles. The molecule has 20 heavy (non-hydrogen) atoms. The highest BCUT2D eigenvalue weighted by atomic mass is 79.9. The fourth-order valence-electron chi connectivity index (χ4n) is 3.34. The number of Topliss-reactive ketones (excluding diaryl/α,β-unsaturated/α-hetero) is 1. The Balaban J connectivity index is 1.66. The zero-order valence-electron chi connectivity index (χ0n) is 11.4. The minimum atomic E-state index is 0.222. The van der Waals surface area contributed by atoms with Gasteiger partial charge in [0.1, 0.15) is 0 Å². The van der Waals surface area contributed by atoms with Crippen LogP contribution < -0.4 is 0 Å². The molecule has 1 aromatic heterocycles. The molecule has 2 unspecified atom stereocenters. The summed E-state index contributed by atoms with van der Waals surface area (Å²) in [4.78, 5) is 17.3. The van der Waals surface area contributed by atoms with E-state index in [-0.39, 0.29) is 5.78 Å². The number of likely N-dealkylation sites (tertiary alicyclic amines) is 1. The molecular weight excluding hydrogens is 404 g/mol. The van der Waals surface area contributed by atoms with Gasteiger partial charge in [0.25, 0.3) is 0 Å². The lowest BCUT2D eigenvalue weighted by Gasteiger charge is -2.25. The zero-order valence-corrected chi connectivity index (χ0v) is 15.4. The Morgan fingerprint density at radius 2 is 2.10 bits per heavy atom. The second kappa shape index (κ2) is 6.16. The highest BCUT2D eigenvalue weighted by Gasteiger charge is 2.35. The molecule has 3 rings (SSSR count). The SMILES string of the molecule is CN1C2CCC1CN(CC(=O)c1cc(Br)sc1Br)CC2. The maximum atomic E-state index is 12.4. The number of nitrogens with zero attached hydrogens (tertiary/aromatic N) is 2. The molecule has 0 amide bonds. The van der Waals surface area contributed by atoms with Crippen molar-refractivity contribution in [3.8, 4) is 0 Å². The third-order valence-electron chi connectivity index (χ3n) is 4.56. The Morgan fingerprint density at radius 3 is 2.80 bits per heavy atom. The average molecular weight is 422 g/mol. The summed E-state index contributed by atoms with van der Waals surface area (Å²) in [5, 5.41) is 0. The van der Waals surface area contributed by atoms with Crippen LogP contribution >= 0.6 is 43.2 Å². The van der Waals surface area contributed by atoms with Crippen molar-refractivity contribution >= 4 is 49.0 Å². The first-order valence-corrected chi connectivity index (χ1v) is 9.37. The van der Waals surface area contributed by atoms with E-state index in [4.69, 9.17) is 0 Å². The van der Waals surface area contributed by atoms with Gasteiger partial charge >= 0.3 is 0 Å². The molecule has 1 aromatic rings. The Morgan fingerprint density at radius 1 is 1.35 bits per heavy atom. The molecule has 2 aliphatic rings. The number of likely N-dealkylation sites (N-methyl/N-ethyl adjacent to an activating group) is 1. The summed E-state index contributed by atoms with van der Waals surface area (Å²) in [7, 11) is 2.24. The highest BCUT2D eigenvalue weighted by Crippen LogP contribution is 2.33. The average Bonchev–Trinajstić information content (AvgIpc) is 2.83. The standard InChI is InChI=1S/C14H18Br2N2OS/c1-17-9-2-3-10(17)7-18(5-4-9)8-12(19)11-6-13(15)20-14(11)16/h6,9-10H,2-5,7-8H2,1H3. The first kappa shape index (κ1) is 15.2. The van der Waals surface area contributed by atoms with E-state index in [0.717, 1.165) is 32.3 Å². The fraction of sp³-hybridized carbons (Fsp3) is 0.643. The number of halogens is 2. The number of rotatable bonds is 3. The third kappa shape index (κ3) is 3.04. The Kier molecular flexibility index (Phi) is 4.67. The largest absolute Gasteiger partial charge is 0.299 e. The molecule has 2 bridgehead atoms. The fourth-order valence-corrected chi connectivity index (χ4v) is 6.20. The molecule has 0 aliphatic carbocycles. The second-order valence-electron chi connectivity index (χ2n) is 5.74. The summed E-state index contributed by atoms with van der Waals surface area (Å²) in [6.07, 6.45) is 3.79. The van der Waals surface area contributed by atoms with Crippen molar-refractivity contribution in [2.45, 2.75) is 31.3 Å². The predicted molar refractivity (Wildman–Crippen MR) is 89.7 cm³/mol. The smallest absolute Gasteiger partial charge is 0.178 e. The van der Waals surface area contributed by atoms with E-state index in [1.54, 1.807) is 11.3 Å². The van der Waals surface area contributed by atoms with Crippen molar-refractivity contribution in [1.82, 2.24) is 9.80 Å². The lowest BCUT2D eigenvalue weighted by molar-refractivity contribution is 0.0923. The molecular formula is C14H18Br2N2OS. The number of hydrogen-bond acceptors (Lipinski definition) is 4.